The monoisotopic (exact) mass is 252 g/mol. The third-order valence-corrected chi connectivity index (χ3v) is 3.69. The van der Waals surface area contributed by atoms with Gasteiger partial charge >= 0.3 is 0 Å². The maximum absolute atomic E-state index is 14.2. The zero-order valence-electron chi connectivity index (χ0n) is 10.9. The molecule has 1 atom stereocenters. The van der Waals surface area contributed by atoms with E-state index in [0.29, 0.717) is 12.8 Å². The first-order chi connectivity index (χ1) is 8.67. The zero-order valence-corrected chi connectivity index (χ0v) is 10.9. The van der Waals surface area contributed by atoms with Crippen LogP contribution < -0.4 is 15.4 Å². The summed E-state index contributed by atoms with van der Waals surface area (Å²) in [6, 6.07) is 7.91. The SMILES string of the molecule is COc1ccc(N2CCCC(F)(CN)CC2)cc1. The summed E-state index contributed by atoms with van der Waals surface area (Å²) in [7, 11) is 1.65. The molecule has 1 aromatic rings. The van der Waals surface area contributed by atoms with E-state index in [1.54, 1.807) is 7.11 Å². The molecule has 1 heterocycles. The summed E-state index contributed by atoms with van der Waals surface area (Å²) in [5, 5.41) is 0. The molecule has 0 bridgehead atoms. The average molecular weight is 252 g/mol. The summed E-state index contributed by atoms with van der Waals surface area (Å²) >= 11 is 0. The minimum atomic E-state index is -1.18. The van der Waals surface area contributed by atoms with Crippen LogP contribution in [-0.2, 0) is 0 Å². The smallest absolute Gasteiger partial charge is 0.124 e. The molecule has 1 aromatic carbocycles. The topological polar surface area (TPSA) is 38.5 Å². The van der Waals surface area contributed by atoms with Crippen LogP contribution in [0.15, 0.2) is 24.3 Å². The van der Waals surface area contributed by atoms with E-state index in [4.69, 9.17) is 10.5 Å². The first-order valence-corrected chi connectivity index (χ1v) is 6.45. The van der Waals surface area contributed by atoms with Crippen molar-refractivity contribution in [1.82, 2.24) is 0 Å². The molecule has 1 aliphatic heterocycles. The van der Waals surface area contributed by atoms with Crippen molar-refractivity contribution in [1.29, 1.82) is 0 Å². The molecule has 0 amide bonds. The number of nitrogens with zero attached hydrogens (tertiary/aromatic N) is 1. The number of anilines is 1. The third-order valence-electron chi connectivity index (χ3n) is 3.69. The van der Waals surface area contributed by atoms with Crippen molar-refractivity contribution in [3.63, 3.8) is 0 Å². The Kier molecular flexibility index (Phi) is 4.07. The fourth-order valence-electron chi connectivity index (χ4n) is 2.41. The van der Waals surface area contributed by atoms with Crippen LogP contribution >= 0.6 is 0 Å². The highest BCUT2D eigenvalue weighted by Gasteiger charge is 2.30. The first-order valence-electron chi connectivity index (χ1n) is 6.45. The van der Waals surface area contributed by atoms with Gasteiger partial charge in [0.2, 0.25) is 0 Å². The fourth-order valence-corrected chi connectivity index (χ4v) is 2.41. The Bertz CT molecular complexity index is 382. The summed E-state index contributed by atoms with van der Waals surface area (Å²) < 4.78 is 19.3. The van der Waals surface area contributed by atoms with Crippen LogP contribution in [0, 0.1) is 0 Å². The average Bonchev–Trinajstić information content (AvgIpc) is 2.62. The fraction of sp³-hybridized carbons (Fsp3) is 0.571. The Morgan fingerprint density at radius 2 is 2.00 bits per heavy atom. The molecule has 0 radical (unpaired) electrons. The van der Waals surface area contributed by atoms with Gasteiger partial charge in [0.15, 0.2) is 0 Å². The number of nitrogens with two attached hydrogens (primary N) is 1. The van der Waals surface area contributed by atoms with E-state index in [2.05, 4.69) is 4.90 Å². The van der Waals surface area contributed by atoms with Gasteiger partial charge in [-0.15, -0.1) is 0 Å². The summed E-state index contributed by atoms with van der Waals surface area (Å²) in [6.07, 6.45) is 1.92. The Balaban J connectivity index is 2.05. The van der Waals surface area contributed by atoms with Gasteiger partial charge in [0.1, 0.15) is 11.4 Å². The number of ether oxygens (including phenoxy) is 1. The van der Waals surface area contributed by atoms with Crippen molar-refractivity contribution >= 4 is 5.69 Å². The van der Waals surface area contributed by atoms with E-state index in [1.807, 2.05) is 24.3 Å². The molecule has 18 heavy (non-hydrogen) atoms. The number of hydrogen-bond acceptors (Lipinski definition) is 3. The van der Waals surface area contributed by atoms with E-state index < -0.39 is 5.67 Å². The number of halogens is 1. The molecule has 1 saturated heterocycles. The molecule has 4 heteroatoms. The summed E-state index contributed by atoms with van der Waals surface area (Å²) in [4.78, 5) is 2.22. The summed E-state index contributed by atoms with van der Waals surface area (Å²) in [6.45, 7) is 1.74. The normalized spacial score (nSPS) is 24.7. The van der Waals surface area contributed by atoms with Gasteiger partial charge in [-0.05, 0) is 37.1 Å². The molecular formula is C14H21FN2O. The molecule has 0 aliphatic carbocycles. The van der Waals surface area contributed by atoms with Crippen molar-refractivity contribution in [3.05, 3.63) is 24.3 Å². The lowest BCUT2D eigenvalue weighted by Crippen LogP contribution is -2.34. The van der Waals surface area contributed by atoms with Crippen LogP contribution in [0.2, 0.25) is 0 Å². The minimum Gasteiger partial charge on any atom is -0.497 e. The van der Waals surface area contributed by atoms with Gasteiger partial charge in [0, 0.05) is 31.7 Å². The van der Waals surface area contributed by atoms with Crippen LogP contribution in [0.4, 0.5) is 10.1 Å². The van der Waals surface area contributed by atoms with Gasteiger partial charge in [-0.25, -0.2) is 4.39 Å². The highest BCUT2D eigenvalue weighted by atomic mass is 19.1. The predicted octanol–water partition coefficient (Wildman–Crippen LogP) is 2.35. The molecular weight excluding hydrogens is 231 g/mol. The number of benzene rings is 1. The lowest BCUT2D eigenvalue weighted by atomic mass is 9.97. The molecule has 2 rings (SSSR count). The number of hydrogen-bond donors (Lipinski definition) is 1. The Morgan fingerprint density at radius 1 is 1.28 bits per heavy atom. The quantitative estimate of drug-likeness (QED) is 0.897. The second-order valence-electron chi connectivity index (χ2n) is 4.89. The minimum absolute atomic E-state index is 0.128. The highest BCUT2D eigenvalue weighted by molar-refractivity contribution is 5.49. The van der Waals surface area contributed by atoms with E-state index >= 15 is 0 Å². The van der Waals surface area contributed by atoms with Crippen molar-refractivity contribution < 1.29 is 9.13 Å². The summed E-state index contributed by atoms with van der Waals surface area (Å²) in [5.41, 5.74) is 5.46. The van der Waals surface area contributed by atoms with Crippen LogP contribution in [-0.4, -0.2) is 32.4 Å². The van der Waals surface area contributed by atoms with Crippen molar-refractivity contribution in [2.75, 3.05) is 31.6 Å². The van der Waals surface area contributed by atoms with Crippen molar-refractivity contribution in [2.45, 2.75) is 24.9 Å². The van der Waals surface area contributed by atoms with Gasteiger partial charge in [0.25, 0.3) is 0 Å². The predicted molar refractivity (Wildman–Crippen MR) is 72.0 cm³/mol. The third kappa shape index (κ3) is 2.93. The lowest BCUT2D eigenvalue weighted by molar-refractivity contribution is 0.155. The van der Waals surface area contributed by atoms with E-state index in [0.717, 1.165) is 30.9 Å². The van der Waals surface area contributed by atoms with Crippen molar-refractivity contribution in [3.8, 4) is 5.75 Å². The molecule has 100 valence electrons. The van der Waals surface area contributed by atoms with Gasteiger partial charge in [-0.3, -0.25) is 0 Å². The molecule has 1 aliphatic rings. The van der Waals surface area contributed by atoms with Crippen LogP contribution in [0.1, 0.15) is 19.3 Å². The van der Waals surface area contributed by atoms with E-state index in [-0.39, 0.29) is 6.54 Å². The maximum atomic E-state index is 14.2. The Labute approximate surface area is 108 Å². The molecule has 3 nitrogen and oxygen atoms in total. The molecule has 1 fully saturated rings. The van der Waals surface area contributed by atoms with Gasteiger partial charge in [-0.1, -0.05) is 0 Å². The highest BCUT2D eigenvalue weighted by Crippen LogP contribution is 2.28. The number of rotatable bonds is 3. The maximum Gasteiger partial charge on any atom is 0.124 e. The number of methoxy groups -OCH3 is 1. The zero-order chi connectivity index (χ0) is 13.0. The largest absolute Gasteiger partial charge is 0.497 e. The van der Waals surface area contributed by atoms with Crippen molar-refractivity contribution in [2.24, 2.45) is 5.73 Å². The second kappa shape index (κ2) is 5.57. The molecule has 0 aromatic heterocycles. The molecule has 0 spiro atoms. The Morgan fingerprint density at radius 3 is 2.61 bits per heavy atom. The number of alkyl halides is 1. The second-order valence-corrected chi connectivity index (χ2v) is 4.89. The van der Waals surface area contributed by atoms with Gasteiger partial charge < -0.3 is 15.4 Å². The van der Waals surface area contributed by atoms with Crippen LogP contribution in [0.25, 0.3) is 0 Å². The molecule has 1 unspecified atom stereocenters. The van der Waals surface area contributed by atoms with Gasteiger partial charge in [-0.2, -0.15) is 0 Å². The van der Waals surface area contributed by atoms with Crippen LogP contribution in [0.5, 0.6) is 5.75 Å². The standard InChI is InChI=1S/C14H21FN2O/c1-18-13-5-3-12(4-6-13)17-9-2-7-14(15,11-16)8-10-17/h3-6H,2,7-11,16H2,1H3. The van der Waals surface area contributed by atoms with Crippen LogP contribution in [0.3, 0.4) is 0 Å². The lowest BCUT2D eigenvalue weighted by Gasteiger charge is -2.24. The molecule has 0 saturated carbocycles. The van der Waals surface area contributed by atoms with Gasteiger partial charge in [0.05, 0.1) is 7.11 Å². The molecule has 2 N–H and O–H groups in total. The van der Waals surface area contributed by atoms with E-state index in [9.17, 15) is 4.39 Å². The summed E-state index contributed by atoms with van der Waals surface area (Å²) in [5.74, 6) is 0.843. The first kappa shape index (κ1) is 13.1. The Hall–Kier alpha value is -1.29. The van der Waals surface area contributed by atoms with E-state index in [1.165, 1.54) is 0 Å².